The summed E-state index contributed by atoms with van der Waals surface area (Å²) in [5.41, 5.74) is 1.47. The van der Waals surface area contributed by atoms with E-state index in [4.69, 9.17) is 0 Å². The van der Waals surface area contributed by atoms with Crippen molar-refractivity contribution in [3.8, 4) is 0 Å². The summed E-state index contributed by atoms with van der Waals surface area (Å²) in [5.74, 6) is 0. The number of nitrogens with zero attached hydrogens (tertiary/aromatic N) is 1. The van der Waals surface area contributed by atoms with Crippen molar-refractivity contribution in [3.05, 3.63) is 30.1 Å². The molecule has 0 amide bonds. The van der Waals surface area contributed by atoms with E-state index in [0.29, 0.717) is 0 Å². The second kappa shape index (κ2) is 5.74. The van der Waals surface area contributed by atoms with Gasteiger partial charge in [-0.05, 0) is 13.3 Å². The third-order valence-electron chi connectivity index (χ3n) is 2.41. The Morgan fingerprint density at radius 1 is 1.15 bits per heavy atom. The van der Waals surface area contributed by atoms with Gasteiger partial charge in [0.15, 0.2) is 11.9 Å². The van der Waals surface area contributed by atoms with Crippen molar-refractivity contribution in [1.29, 1.82) is 0 Å². The van der Waals surface area contributed by atoms with Gasteiger partial charge in [-0.15, -0.1) is 0 Å². The van der Waals surface area contributed by atoms with Crippen molar-refractivity contribution in [1.82, 2.24) is 0 Å². The normalized spacial score (nSPS) is 10.3. The van der Waals surface area contributed by atoms with E-state index >= 15 is 0 Å². The van der Waals surface area contributed by atoms with Crippen LogP contribution >= 0.6 is 0 Å². The monoisotopic (exact) mass is 178 g/mol. The Morgan fingerprint density at radius 2 is 2.00 bits per heavy atom. The summed E-state index contributed by atoms with van der Waals surface area (Å²) in [7, 11) is 0. The first-order valence-corrected chi connectivity index (χ1v) is 5.35. The van der Waals surface area contributed by atoms with E-state index in [1.54, 1.807) is 0 Å². The summed E-state index contributed by atoms with van der Waals surface area (Å²) in [5, 5.41) is 0. The van der Waals surface area contributed by atoms with Crippen molar-refractivity contribution in [2.75, 3.05) is 0 Å². The van der Waals surface area contributed by atoms with Crippen LogP contribution in [0.3, 0.4) is 0 Å². The Kier molecular flexibility index (Phi) is 4.52. The lowest BCUT2D eigenvalue weighted by Gasteiger charge is -2.00. The third kappa shape index (κ3) is 3.17. The Bertz CT molecular complexity index is 243. The van der Waals surface area contributed by atoms with Crippen LogP contribution in [-0.2, 0) is 13.0 Å². The molecule has 0 atom stereocenters. The summed E-state index contributed by atoms with van der Waals surface area (Å²) in [4.78, 5) is 0. The van der Waals surface area contributed by atoms with Crippen LogP contribution in [0.15, 0.2) is 24.4 Å². The van der Waals surface area contributed by atoms with E-state index in [0.717, 1.165) is 6.54 Å². The molecule has 0 spiro atoms. The van der Waals surface area contributed by atoms with Gasteiger partial charge in [0, 0.05) is 18.6 Å². The number of aryl methyl sites for hydroxylation is 2. The number of hydrogen-bond donors (Lipinski definition) is 0. The maximum atomic E-state index is 2.33. The van der Waals surface area contributed by atoms with E-state index in [1.807, 2.05) is 0 Å². The van der Waals surface area contributed by atoms with Crippen molar-refractivity contribution >= 4 is 0 Å². The first kappa shape index (κ1) is 10.2. The highest BCUT2D eigenvalue weighted by Crippen LogP contribution is 2.01. The van der Waals surface area contributed by atoms with Crippen LogP contribution in [0, 0.1) is 0 Å². The molecule has 0 fully saturated rings. The fourth-order valence-electron chi connectivity index (χ4n) is 1.60. The quantitative estimate of drug-likeness (QED) is 0.482. The minimum absolute atomic E-state index is 1.09. The molecule has 0 bridgehead atoms. The van der Waals surface area contributed by atoms with E-state index in [-0.39, 0.29) is 0 Å². The fraction of sp³-hybridized carbons (Fsp3) is 0.583. The fourth-order valence-corrected chi connectivity index (χ4v) is 1.60. The summed E-state index contributed by atoms with van der Waals surface area (Å²) < 4.78 is 2.33. The molecule has 13 heavy (non-hydrogen) atoms. The van der Waals surface area contributed by atoms with Crippen molar-refractivity contribution in [2.24, 2.45) is 0 Å². The summed E-state index contributed by atoms with van der Waals surface area (Å²) in [6.07, 6.45) is 7.36. The minimum Gasteiger partial charge on any atom is -0.203 e. The van der Waals surface area contributed by atoms with Crippen molar-refractivity contribution in [2.45, 2.75) is 46.1 Å². The van der Waals surface area contributed by atoms with Gasteiger partial charge in [-0.3, -0.25) is 0 Å². The van der Waals surface area contributed by atoms with Gasteiger partial charge in [0.1, 0.15) is 6.54 Å². The Balaban J connectivity index is 2.54. The van der Waals surface area contributed by atoms with Crippen LogP contribution in [0.25, 0.3) is 0 Å². The average molecular weight is 178 g/mol. The summed E-state index contributed by atoms with van der Waals surface area (Å²) in [6.45, 7) is 5.53. The van der Waals surface area contributed by atoms with Gasteiger partial charge in [0.2, 0.25) is 0 Å². The van der Waals surface area contributed by atoms with Gasteiger partial charge in [-0.2, -0.15) is 0 Å². The topological polar surface area (TPSA) is 3.88 Å². The number of aromatic nitrogens is 1. The lowest BCUT2D eigenvalue weighted by atomic mass is 10.1. The standard InChI is InChI=1S/C12H20N/c1-3-5-6-9-12-10-7-8-11-13(12)4-2/h7-8,10-11H,3-6,9H2,1-2H3/q+1. The Labute approximate surface area is 81.4 Å². The Morgan fingerprint density at radius 3 is 2.69 bits per heavy atom. The first-order chi connectivity index (χ1) is 6.38. The number of rotatable bonds is 5. The molecule has 0 saturated heterocycles. The molecule has 72 valence electrons. The molecule has 0 aromatic carbocycles. The third-order valence-corrected chi connectivity index (χ3v) is 2.41. The lowest BCUT2D eigenvalue weighted by Crippen LogP contribution is -2.36. The molecular weight excluding hydrogens is 158 g/mol. The summed E-state index contributed by atoms with van der Waals surface area (Å²) >= 11 is 0. The zero-order chi connectivity index (χ0) is 9.52. The molecule has 1 aromatic rings. The van der Waals surface area contributed by atoms with E-state index in [1.165, 1.54) is 31.4 Å². The first-order valence-electron chi connectivity index (χ1n) is 5.35. The highest BCUT2D eigenvalue weighted by molar-refractivity contribution is 4.97. The highest BCUT2D eigenvalue weighted by Gasteiger charge is 2.05. The number of unbranched alkanes of at least 4 members (excludes halogenated alkanes) is 2. The van der Waals surface area contributed by atoms with Crippen LogP contribution in [0.5, 0.6) is 0 Å². The maximum absolute atomic E-state index is 2.33. The van der Waals surface area contributed by atoms with Crippen LogP contribution < -0.4 is 4.57 Å². The van der Waals surface area contributed by atoms with Crippen LogP contribution in [0.1, 0.15) is 38.8 Å². The molecular formula is C12H20N+. The van der Waals surface area contributed by atoms with E-state index < -0.39 is 0 Å². The van der Waals surface area contributed by atoms with Gasteiger partial charge in [0.25, 0.3) is 0 Å². The largest absolute Gasteiger partial charge is 0.203 e. The van der Waals surface area contributed by atoms with Gasteiger partial charge in [0.05, 0.1) is 0 Å². The Hall–Kier alpha value is -0.850. The van der Waals surface area contributed by atoms with Crippen LogP contribution in [-0.4, -0.2) is 0 Å². The van der Waals surface area contributed by atoms with Crippen molar-refractivity contribution in [3.63, 3.8) is 0 Å². The van der Waals surface area contributed by atoms with Crippen LogP contribution in [0.4, 0.5) is 0 Å². The van der Waals surface area contributed by atoms with Gasteiger partial charge in [-0.25, -0.2) is 4.57 Å². The van der Waals surface area contributed by atoms with Gasteiger partial charge in [-0.1, -0.05) is 25.8 Å². The number of pyridine rings is 1. The van der Waals surface area contributed by atoms with Crippen LogP contribution in [0.2, 0.25) is 0 Å². The number of hydrogen-bond acceptors (Lipinski definition) is 0. The van der Waals surface area contributed by atoms with Gasteiger partial charge >= 0.3 is 0 Å². The smallest absolute Gasteiger partial charge is 0.181 e. The maximum Gasteiger partial charge on any atom is 0.181 e. The predicted molar refractivity (Wildman–Crippen MR) is 55.5 cm³/mol. The van der Waals surface area contributed by atoms with Crippen molar-refractivity contribution < 1.29 is 4.57 Å². The van der Waals surface area contributed by atoms with Gasteiger partial charge < -0.3 is 0 Å². The molecule has 0 unspecified atom stereocenters. The molecule has 1 aromatic heterocycles. The average Bonchev–Trinajstić information content (AvgIpc) is 2.19. The minimum atomic E-state index is 1.09. The zero-order valence-electron chi connectivity index (χ0n) is 8.79. The highest BCUT2D eigenvalue weighted by atomic mass is 14.9. The molecule has 1 nitrogen and oxygen atoms in total. The second-order valence-corrected chi connectivity index (χ2v) is 3.44. The SMILES string of the molecule is CCCCCc1cccc[n+]1CC. The molecule has 1 heteroatoms. The second-order valence-electron chi connectivity index (χ2n) is 3.44. The molecule has 0 N–H and O–H groups in total. The molecule has 1 rings (SSSR count). The molecule has 0 aliphatic rings. The zero-order valence-corrected chi connectivity index (χ0v) is 8.79. The molecule has 0 radical (unpaired) electrons. The molecule has 1 heterocycles. The molecule has 0 aliphatic carbocycles. The molecule has 0 saturated carbocycles. The summed E-state index contributed by atoms with van der Waals surface area (Å²) in [6, 6.07) is 6.47. The van der Waals surface area contributed by atoms with E-state index in [9.17, 15) is 0 Å². The van der Waals surface area contributed by atoms with E-state index in [2.05, 4.69) is 42.8 Å². The molecule has 0 aliphatic heterocycles. The predicted octanol–water partition coefficient (Wildman–Crippen LogP) is 2.73. The lowest BCUT2D eigenvalue weighted by molar-refractivity contribution is -0.700.